The Morgan fingerprint density at radius 3 is 2.60 bits per heavy atom. The van der Waals surface area contributed by atoms with Gasteiger partial charge in [-0.1, -0.05) is 0 Å². The summed E-state index contributed by atoms with van der Waals surface area (Å²) in [5.41, 5.74) is 7.74. The summed E-state index contributed by atoms with van der Waals surface area (Å²) in [7, 11) is 0. The van der Waals surface area contributed by atoms with Crippen molar-refractivity contribution in [2.24, 2.45) is 0 Å². The molecule has 0 bridgehead atoms. The van der Waals surface area contributed by atoms with Gasteiger partial charge in [0.1, 0.15) is 0 Å². The topological polar surface area (TPSA) is 113 Å². The Hall–Kier alpha value is -3.00. The zero-order valence-corrected chi connectivity index (χ0v) is 14.0. The summed E-state index contributed by atoms with van der Waals surface area (Å²) in [6, 6.07) is 5.31. The van der Waals surface area contributed by atoms with Crippen LogP contribution in [0.5, 0.6) is 0 Å². The molecule has 25 heavy (non-hydrogen) atoms. The van der Waals surface area contributed by atoms with E-state index in [1.807, 2.05) is 6.07 Å². The van der Waals surface area contributed by atoms with Gasteiger partial charge < -0.3 is 21.3 Å². The van der Waals surface area contributed by atoms with Crippen LogP contribution in [-0.2, 0) is 0 Å². The summed E-state index contributed by atoms with van der Waals surface area (Å²) in [5.74, 6) is -0.462. The number of carbonyl (C=O) groups excluding carboxylic acids is 2. The van der Waals surface area contributed by atoms with E-state index in [0.717, 1.165) is 31.9 Å². The minimum atomic E-state index is -0.456. The second kappa shape index (κ2) is 7.27. The lowest BCUT2D eigenvalue weighted by atomic mass is 10.1. The maximum absolute atomic E-state index is 12.5. The molecule has 2 aromatic rings. The van der Waals surface area contributed by atoms with E-state index in [4.69, 9.17) is 5.73 Å². The number of nitrogens with zero attached hydrogens (tertiary/aromatic N) is 3. The standard InChI is InChI=1S/C17H20N6O2/c1-11(24)12-2-3-14(23-8-6-19-7-9-23)13(10-12)22-17(25)15-16(18)21-5-4-20-15/h2-5,10,19H,6-9H2,1H3,(H2,18,21)(H,22,25). The molecule has 0 unspecified atom stereocenters. The first-order chi connectivity index (χ1) is 12.1. The molecule has 1 aliphatic rings. The van der Waals surface area contributed by atoms with Gasteiger partial charge in [-0.2, -0.15) is 0 Å². The Labute approximate surface area is 145 Å². The average molecular weight is 340 g/mol. The number of aromatic nitrogens is 2. The van der Waals surface area contributed by atoms with E-state index >= 15 is 0 Å². The quantitative estimate of drug-likeness (QED) is 0.709. The molecule has 0 radical (unpaired) electrons. The highest BCUT2D eigenvalue weighted by atomic mass is 16.2. The molecule has 1 amide bonds. The Morgan fingerprint density at radius 1 is 1.20 bits per heavy atom. The maximum atomic E-state index is 12.5. The van der Waals surface area contributed by atoms with Gasteiger partial charge in [0.05, 0.1) is 11.4 Å². The van der Waals surface area contributed by atoms with Gasteiger partial charge in [0.2, 0.25) is 0 Å². The number of anilines is 3. The first kappa shape index (κ1) is 16.8. The van der Waals surface area contributed by atoms with Gasteiger partial charge in [0.15, 0.2) is 17.3 Å². The molecule has 0 spiro atoms. The van der Waals surface area contributed by atoms with Crippen LogP contribution in [0.1, 0.15) is 27.8 Å². The molecular weight excluding hydrogens is 320 g/mol. The largest absolute Gasteiger partial charge is 0.382 e. The van der Waals surface area contributed by atoms with Gasteiger partial charge in [0.25, 0.3) is 5.91 Å². The number of ketones is 1. The molecule has 1 saturated heterocycles. The SMILES string of the molecule is CC(=O)c1ccc(N2CCNCC2)c(NC(=O)c2nccnc2N)c1. The number of nitrogens with two attached hydrogens (primary N) is 1. The van der Waals surface area contributed by atoms with E-state index in [-0.39, 0.29) is 17.3 Å². The molecule has 8 heteroatoms. The Kier molecular flexibility index (Phi) is 4.90. The van der Waals surface area contributed by atoms with E-state index in [0.29, 0.717) is 11.3 Å². The molecule has 1 aliphatic heterocycles. The predicted molar refractivity (Wildman–Crippen MR) is 95.9 cm³/mol. The third-order valence-electron chi connectivity index (χ3n) is 4.05. The lowest BCUT2D eigenvalue weighted by molar-refractivity contribution is 0.100. The van der Waals surface area contributed by atoms with Crippen LogP contribution in [0.2, 0.25) is 0 Å². The highest BCUT2D eigenvalue weighted by Gasteiger charge is 2.19. The van der Waals surface area contributed by atoms with Crippen molar-refractivity contribution in [1.82, 2.24) is 15.3 Å². The summed E-state index contributed by atoms with van der Waals surface area (Å²) in [4.78, 5) is 34.3. The monoisotopic (exact) mass is 340 g/mol. The van der Waals surface area contributed by atoms with Gasteiger partial charge in [-0.3, -0.25) is 9.59 Å². The molecule has 130 valence electrons. The van der Waals surface area contributed by atoms with Crippen molar-refractivity contribution >= 4 is 28.9 Å². The molecule has 1 fully saturated rings. The molecule has 0 saturated carbocycles. The number of hydrogen-bond acceptors (Lipinski definition) is 7. The Morgan fingerprint density at radius 2 is 1.92 bits per heavy atom. The smallest absolute Gasteiger partial charge is 0.278 e. The molecular formula is C17H20N6O2. The first-order valence-corrected chi connectivity index (χ1v) is 8.05. The van der Waals surface area contributed by atoms with Crippen molar-refractivity contribution in [3.63, 3.8) is 0 Å². The van der Waals surface area contributed by atoms with Crippen molar-refractivity contribution in [3.05, 3.63) is 41.9 Å². The summed E-state index contributed by atoms with van der Waals surface area (Å²) in [6.07, 6.45) is 2.84. The van der Waals surface area contributed by atoms with Crippen LogP contribution >= 0.6 is 0 Å². The molecule has 0 aliphatic carbocycles. The second-order valence-electron chi connectivity index (χ2n) is 5.77. The Balaban J connectivity index is 1.94. The van der Waals surface area contributed by atoms with Gasteiger partial charge in [0, 0.05) is 44.1 Å². The number of rotatable bonds is 4. The van der Waals surface area contributed by atoms with Crippen molar-refractivity contribution < 1.29 is 9.59 Å². The summed E-state index contributed by atoms with van der Waals surface area (Å²) in [6.45, 7) is 4.84. The molecule has 3 rings (SSSR count). The molecule has 8 nitrogen and oxygen atoms in total. The summed E-state index contributed by atoms with van der Waals surface area (Å²) < 4.78 is 0. The summed E-state index contributed by atoms with van der Waals surface area (Å²) >= 11 is 0. The van der Waals surface area contributed by atoms with Crippen molar-refractivity contribution in [2.45, 2.75) is 6.92 Å². The van der Waals surface area contributed by atoms with Crippen LogP contribution in [0.15, 0.2) is 30.6 Å². The number of piperazine rings is 1. The zero-order valence-electron chi connectivity index (χ0n) is 14.0. The van der Waals surface area contributed by atoms with Crippen LogP contribution in [0.4, 0.5) is 17.2 Å². The fourth-order valence-electron chi connectivity index (χ4n) is 2.74. The molecule has 2 heterocycles. The average Bonchev–Trinajstić information content (AvgIpc) is 2.62. The lowest BCUT2D eigenvalue weighted by Gasteiger charge is -2.31. The fourth-order valence-corrected chi connectivity index (χ4v) is 2.74. The normalized spacial score (nSPS) is 14.2. The number of amides is 1. The molecule has 0 atom stereocenters. The minimum Gasteiger partial charge on any atom is -0.382 e. The van der Waals surface area contributed by atoms with Crippen LogP contribution in [-0.4, -0.2) is 47.8 Å². The van der Waals surface area contributed by atoms with Crippen molar-refractivity contribution in [2.75, 3.05) is 42.1 Å². The highest BCUT2D eigenvalue weighted by Crippen LogP contribution is 2.28. The van der Waals surface area contributed by atoms with E-state index in [2.05, 4.69) is 25.5 Å². The number of hydrogen-bond donors (Lipinski definition) is 3. The third kappa shape index (κ3) is 3.74. The molecule has 1 aromatic heterocycles. The van der Waals surface area contributed by atoms with Gasteiger partial charge in [-0.05, 0) is 25.1 Å². The number of benzene rings is 1. The van der Waals surface area contributed by atoms with Crippen molar-refractivity contribution in [3.8, 4) is 0 Å². The molecule has 4 N–H and O–H groups in total. The number of nitrogen functional groups attached to an aromatic ring is 1. The van der Waals surface area contributed by atoms with Crippen LogP contribution in [0, 0.1) is 0 Å². The predicted octanol–water partition coefficient (Wildman–Crippen LogP) is 0.923. The Bertz CT molecular complexity index is 801. The van der Waals surface area contributed by atoms with Crippen LogP contribution in [0.3, 0.4) is 0 Å². The second-order valence-corrected chi connectivity index (χ2v) is 5.77. The van der Waals surface area contributed by atoms with Crippen LogP contribution in [0.25, 0.3) is 0 Å². The van der Waals surface area contributed by atoms with Gasteiger partial charge >= 0.3 is 0 Å². The van der Waals surface area contributed by atoms with E-state index in [1.54, 1.807) is 12.1 Å². The maximum Gasteiger partial charge on any atom is 0.278 e. The number of nitrogens with one attached hydrogen (secondary N) is 2. The fraction of sp³-hybridized carbons (Fsp3) is 0.294. The number of carbonyl (C=O) groups is 2. The van der Waals surface area contributed by atoms with E-state index in [1.165, 1.54) is 19.3 Å². The van der Waals surface area contributed by atoms with Crippen molar-refractivity contribution in [1.29, 1.82) is 0 Å². The van der Waals surface area contributed by atoms with Gasteiger partial charge in [-0.25, -0.2) is 9.97 Å². The third-order valence-corrected chi connectivity index (χ3v) is 4.05. The van der Waals surface area contributed by atoms with E-state index in [9.17, 15) is 9.59 Å². The number of Topliss-reactive ketones (excluding diaryl/α,β-unsaturated/α-hetero) is 1. The van der Waals surface area contributed by atoms with E-state index < -0.39 is 5.91 Å². The molecule has 1 aromatic carbocycles. The van der Waals surface area contributed by atoms with Gasteiger partial charge in [-0.15, -0.1) is 0 Å². The highest BCUT2D eigenvalue weighted by molar-refractivity contribution is 6.08. The summed E-state index contributed by atoms with van der Waals surface area (Å²) in [5, 5.41) is 6.11. The first-order valence-electron chi connectivity index (χ1n) is 8.05. The zero-order chi connectivity index (χ0) is 17.8. The lowest BCUT2D eigenvalue weighted by Crippen LogP contribution is -2.43. The van der Waals surface area contributed by atoms with Crippen LogP contribution < -0.4 is 21.3 Å². The minimum absolute atomic E-state index is 0.0574.